The minimum absolute atomic E-state index is 0.196. The molecule has 11 heteroatoms. The van der Waals surface area contributed by atoms with Gasteiger partial charge in [0.15, 0.2) is 5.65 Å². The molecule has 1 aliphatic rings. The smallest absolute Gasteiger partial charge is 0.415 e. The van der Waals surface area contributed by atoms with Crippen molar-refractivity contribution in [1.82, 2.24) is 19.9 Å². The lowest BCUT2D eigenvalue weighted by Crippen LogP contribution is -2.49. The SMILES string of the molecule is C=C/C=C(\C(F)=C(/C)C(F)(F)F)[C@@H](C)Nc1ncnc2nc(OC)c(N3CCN(C(C)C)CC3)cc12. The van der Waals surface area contributed by atoms with Gasteiger partial charge >= 0.3 is 6.18 Å². The number of nitrogens with zero attached hydrogens (tertiary/aromatic N) is 5. The number of ether oxygens (including phenoxy) is 1. The summed E-state index contributed by atoms with van der Waals surface area (Å²) in [5.41, 5.74) is -0.401. The number of allylic oxidation sites excluding steroid dienone is 3. The number of piperazine rings is 1. The van der Waals surface area contributed by atoms with Gasteiger partial charge in [-0.2, -0.15) is 18.2 Å². The summed E-state index contributed by atoms with van der Waals surface area (Å²) in [5, 5.41) is 3.57. The normalized spacial score (nSPS) is 17.3. The van der Waals surface area contributed by atoms with Crippen molar-refractivity contribution in [3.05, 3.63) is 48.1 Å². The average molecular weight is 509 g/mol. The van der Waals surface area contributed by atoms with E-state index in [1.807, 2.05) is 6.07 Å². The number of methoxy groups -OCH3 is 1. The molecule has 1 aliphatic heterocycles. The summed E-state index contributed by atoms with van der Waals surface area (Å²) in [6.45, 7) is 13.4. The Morgan fingerprint density at radius 2 is 1.83 bits per heavy atom. The van der Waals surface area contributed by atoms with Crippen LogP contribution in [0, 0.1) is 0 Å². The monoisotopic (exact) mass is 508 g/mol. The van der Waals surface area contributed by atoms with Crippen LogP contribution in [0.4, 0.5) is 29.1 Å². The Kier molecular flexibility index (Phi) is 8.55. The van der Waals surface area contributed by atoms with Crippen molar-refractivity contribution in [2.45, 2.75) is 46.0 Å². The number of fused-ring (bicyclic) bond motifs is 1. The molecule has 0 amide bonds. The number of hydrogen-bond acceptors (Lipinski definition) is 7. The van der Waals surface area contributed by atoms with Crippen LogP contribution in [0.1, 0.15) is 27.7 Å². The van der Waals surface area contributed by atoms with Gasteiger partial charge in [-0.1, -0.05) is 18.7 Å². The highest BCUT2D eigenvalue weighted by atomic mass is 19.4. The lowest BCUT2D eigenvalue weighted by Gasteiger charge is -2.38. The molecule has 1 atom stereocenters. The molecule has 0 unspecified atom stereocenters. The second kappa shape index (κ2) is 11.2. The number of nitrogens with one attached hydrogen (secondary N) is 1. The first-order chi connectivity index (χ1) is 17.0. The van der Waals surface area contributed by atoms with Gasteiger partial charge in [-0.25, -0.2) is 14.4 Å². The second-order valence-electron chi connectivity index (χ2n) is 8.89. The van der Waals surface area contributed by atoms with Crippen LogP contribution in [-0.2, 0) is 0 Å². The van der Waals surface area contributed by atoms with Crippen LogP contribution >= 0.6 is 0 Å². The lowest BCUT2D eigenvalue weighted by molar-refractivity contribution is -0.0930. The van der Waals surface area contributed by atoms with E-state index < -0.39 is 23.6 Å². The molecule has 1 saturated heterocycles. The quantitative estimate of drug-likeness (QED) is 0.384. The third kappa shape index (κ3) is 5.95. The third-order valence-electron chi connectivity index (χ3n) is 6.27. The molecule has 0 spiro atoms. The van der Waals surface area contributed by atoms with E-state index in [9.17, 15) is 17.6 Å². The maximum absolute atomic E-state index is 14.8. The molecule has 1 fully saturated rings. The van der Waals surface area contributed by atoms with Crippen LogP contribution in [0.2, 0.25) is 0 Å². The first-order valence-electron chi connectivity index (χ1n) is 11.7. The molecular weight excluding hydrogens is 476 g/mol. The van der Waals surface area contributed by atoms with Gasteiger partial charge in [0.1, 0.15) is 23.7 Å². The predicted octanol–water partition coefficient (Wildman–Crippen LogP) is 5.28. The van der Waals surface area contributed by atoms with Crippen LogP contribution in [0.5, 0.6) is 5.88 Å². The molecule has 0 saturated carbocycles. The fraction of sp³-hybridized carbons (Fsp3) is 0.480. The predicted molar refractivity (Wildman–Crippen MR) is 134 cm³/mol. The molecule has 2 aromatic heterocycles. The van der Waals surface area contributed by atoms with Crippen molar-refractivity contribution in [3.8, 4) is 5.88 Å². The summed E-state index contributed by atoms with van der Waals surface area (Å²) < 4.78 is 59.8. The van der Waals surface area contributed by atoms with Gasteiger partial charge in [0, 0.05) is 37.8 Å². The number of rotatable bonds is 8. The van der Waals surface area contributed by atoms with Crippen LogP contribution in [-0.4, -0.2) is 71.4 Å². The van der Waals surface area contributed by atoms with Gasteiger partial charge < -0.3 is 15.0 Å². The van der Waals surface area contributed by atoms with Crippen LogP contribution in [0.3, 0.4) is 0 Å². The minimum atomic E-state index is -4.79. The average Bonchev–Trinajstić information content (AvgIpc) is 2.85. The lowest BCUT2D eigenvalue weighted by atomic mass is 10.0. The summed E-state index contributed by atoms with van der Waals surface area (Å²) in [6.07, 6.45) is -1.04. The van der Waals surface area contributed by atoms with Crippen LogP contribution < -0.4 is 15.0 Å². The zero-order valence-corrected chi connectivity index (χ0v) is 21.2. The van der Waals surface area contributed by atoms with Crippen LogP contribution in [0.15, 0.2) is 48.1 Å². The zero-order valence-electron chi connectivity index (χ0n) is 21.2. The molecular formula is C25H32F4N6O. The van der Waals surface area contributed by atoms with Gasteiger partial charge in [-0.3, -0.25) is 4.90 Å². The highest BCUT2D eigenvalue weighted by Gasteiger charge is 2.35. The molecule has 0 aliphatic carbocycles. The van der Waals surface area contributed by atoms with Crippen molar-refractivity contribution in [2.75, 3.05) is 43.5 Å². The zero-order chi connectivity index (χ0) is 26.6. The maximum atomic E-state index is 14.8. The van der Waals surface area contributed by atoms with E-state index in [1.54, 1.807) is 6.92 Å². The van der Waals surface area contributed by atoms with E-state index in [0.717, 1.165) is 31.9 Å². The van der Waals surface area contributed by atoms with E-state index >= 15 is 0 Å². The van der Waals surface area contributed by atoms with E-state index in [0.29, 0.717) is 35.7 Å². The maximum Gasteiger partial charge on any atom is 0.415 e. The van der Waals surface area contributed by atoms with Gasteiger partial charge in [0.2, 0.25) is 5.88 Å². The van der Waals surface area contributed by atoms with Crippen molar-refractivity contribution < 1.29 is 22.3 Å². The summed E-state index contributed by atoms with van der Waals surface area (Å²) >= 11 is 0. The molecule has 0 aromatic carbocycles. The molecule has 3 heterocycles. The van der Waals surface area contributed by atoms with Gasteiger partial charge in [0.05, 0.1) is 24.1 Å². The van der Waals surface area contributed by atoms with Crippen LogP contribution in [0.25, 0.3) is 11.0 Å². The fourth-order valence-electron chi connectivity index (χ4n) is 4.09. The number of alkyl halides is 3. The second-order valence-corrected chi connectivity index (χ2v) is 8.89. The number of halogens is 4. The summed E-state index contributed by atoms with van der Waals surface area (Å²) in [7, 11) is 1.54. The summed E-state index contributed by atoms with van der Waals surface area (Å²) in [6, 6.07) is 1.44. The highest BCUT2D eigenvalue weighted by molar-refractivity contribution is 5.90. The molecule has 2 aromatic rings. The van der Waals surface area contributed by atoms with E-state index in [4.69, 9.17) is 4.74 Å². The summed E-state index contributed by atoms with van der Waals surface area (Å²) in [5.74, 6) is -0.623. The Morgan fingerprint density at radius 1 is 1.17 bits per heavy atom. The minimum Gasteiger partial charge on any atom is -0.479 e. The van der Waals surface area contributed by atoms with Crippen molar-refractivity contribution in [3.63, 3.8) is 0 Å². The third-order valence-corrected chi connectivity index (χ3v) is 6.27. The Bertz CT molecular complexity index is 1150. The first kappa shape index (κ1) is 27.4. The molecule has 0 bridgehead atoms. The largest absolute Gasteiger partial charge is 0.479 e. The number of pyridine rings is 1. The number of hydrogen-bond donors (Lipinski definition) is 1. The number of aromatic nitrogens is 3. The Labute approximate surface area is 208 Å². The van der Waals surface area contributed by atoms with Crippen molar-refractivity contribution in [1.29, 1.82) is 0 Å². The molecule has 1 N–H and O–H groups in total. The van der Waals surface area contributed by atoms with Gasteiger partial charge in [-0.05, 0) is 33.8 Å². The molecule has 36 heavy (non-hydrogen) atoms. The molecule has 3 rings (SSSR count). The van der Waals surface area contributed by atoms with Gasteiger partial charge in [-0.15, -0.1) is 0 Å². The molecule has 7 nitrogen and oxygen atoms in total. The highest BCUT2D eigenvalue weighted by Crippen LogP contribution is 2.35. The van der Waals surface area contributed by atoms with E-state index in [1.165, 1.54) is 25.6 Å². The Balaban J connectivity index is 1.98. The van der Waals surface area contributed by atoms with Crippen molar-refractivity contribution in [2.24, 2.45) is 0 Å². The Morgan fingerprint density at radius 3 is 2.39 bits per heavy atom. The van der Waals surface area contributed by atoms with Gasteiger partial charge in [0.25, 0.3) is 0 Å². The number of anilines is 2. The van der Waals surface area contributed by atoms with E-state index in [-0.39, 0.29) is 5.57 Å². The molecule has 196 valence electrons. The standard InChI is InChI=1S/C25H32F4N6O/c1-7-8-18(21(26)16(4)25(27,28)29)17(5)32-22-19-13-20(24(36-6)33-23(19)31-14-30-22)35-11-9-34(10-12-35)15(2)3/h7-8,13-15,17H,1,9-12H2,2-6H3,(H,30,31,32,33)/b18-8-,21-16-/t17-/m1/s1. The topological polar surface area (TPSA) is 66.4 Å². The summed E-state index contributed by atoms with van der Waals surface area (Å²) in [4.78, 5) is 17.6. The fourth-order valence-corrected chi connectivity index (χ4v) is 4.09. The van der Waals surface area contributed by atoms with Crippen molar-refractivity contribution >= 4 is 22.5 Å². The first-order valence-corrected chi connectivity index (χ1v) is 11.7. The Hall–Kier alpha value is -3.21. The molecule has 0 radical (unpaired) electrons. The van der Waals surface area contributed by atoms with E-state index in [2.05, 4.69) is 50.5 Å².